The second-order valence-corrected chi connectivity index (χ2v) is 6.10. The van der Waals surface area contributed by atoms with Gasteiger partial charge in [-0.2, -0.15) is 8.78 Å². The number of methoxy groups -OCH3 is 1. The molecular weight excluding hydrogens is 314 g/mol. The Hall–Kier alpha value is -1.62. The van der Waals surface area contributed by atoms with E-state index in [4.69, 9.17) is 14.2 Å². The van der Waals surface area contributed by atoms with Gasteiger partial charge in [0, 0.05) is 7.11 Å². The van der Waals surface area contributed by atoms with Crippen LogP contribution in [-0.4, -0.2) is 26.9 Å². The van der Waals surface area contributed by atoms with E-state index in [2.05, 4.69) is 12.2 Å². The number of hydrogen-bond acceptors (Lipinski definition) is 3. The predicted octanol–water partition coefficient (Wildman–Crippen LogP) is 4.75. The average Bonchev–Trinajstić information content (AvgIpc) is 2.60. The summed E-state index contributed by atoms with van der Waals surface area (Å²) in [5.41, 5.74) is 0. The summed E-state index contributed by atoms with van der Waals surface area (Å²) in [6.45, 7) is 3.08. The maximum atomic E-state index is 14.0. The van der Waals surface area contributed by atoms with Gasteiger partial charge in [-0.1, -0.05) is 12.2 Å². The smallest absolute Gasteiger partial charge is 0.204 e. The highest BCUT2D eigenvalue weighted by Crippen LogP contribution is 2.32. The van der Waals surface area contributed by atoms with Crippen LogP contribution in [0.25, 0.3) is 0 Å². The molecule has 24 heavy (non-hydrogen) atoms. The Bertz CT molecular complexity index is 538. The molecule has 0 N–H and O–H groups in total. The maximum absolute atomic E-state index is 14.0. The van der Waals surface area contributed by atoms with Crippen LogP contribution < -0.4 is 9.47 Å². The molecule has 1 aromatic carbocycles. The van der Waals surface area contributed by atoms with E-state index in [1.54, 1.807) is 14.0 Å². The van der Waals surface area contributed by atoms with Gasteiger partial charge in [0.15, 0.2) is 11.5 Å². The first kappa shape index (κ1) is 18.7. The minimum atomic E-state index is -0.985. The number of halogens is 2. The van der Waals surface area contributed by atoms with Crippen molar-refractivity contribution >= 4 is 0 Å². The number of benzene rings is 1. The molecule has 5 heteroatoms. The Balaban J connectivity index is 1.81. The van der Waals surface area contributed by atoms with Gasteiger partial charge in [-0.05, 0) is 56.6 Å². The topological polar surface area (TPSA) is 27.7 Å². The molecule has 0 spiro atoms. The molecule has 1 saturated carbocycles. The third-order valence-electron chi connectivity index (χ3n) is 4.35. The van der Waals surface area contributed by atoms with Crippen LogP contribution in [0.5, 0.6) is 11.5 Å². The van der Waals surface area contributed by atoms with Crippen molar-refractivity contribution in [3.8, 4) is 11.5 Å². The fourth-order valence-electron chi connectivity index (χ4n) is 2.99. The van der Waals surface area contributed by atoms with Crippen molar-refractivity contribution in [1.82, 2.24) is 0 Å². The van der Waals surface area contributed by atoms with E-state index in [-0.39, 0.29) is 11.5 Å². The lowest BCUT2D eigenvalue weighted by molar-refractivity contribution is 0.186. The van der Waals surface area contributed by atoms with Crippen molar-refractivity contribution < 1.29 is 23.0 Å². The van der Waals surface area contributed by atoms with Crippen LogP contribution in [0.2, 0.25) is 0 Å². The van der Waals surface area contributed by atoms with Gasteiger partial charge in [-0.15, -0.1) is 0 Å². The first-order valence-electron chi connectivity index (χ1n) is 8.54. The van der Waals surface area contributed by atoms with Gasteiger partial charge in [0.25, 0.3) is 0 Å². The van der Waals surface area contributed by atoms with Gasteiger partial charge in [0.05, 0.1) is 19.8 Å². The summed E-state index contributed by atoms with van der Waals surface area (Å²) in [7, 11) is 1.68. The van der Waals surface area contributed by atoms with Crippen molar-refractivity contribution in [2.75, 3.05) is 26.9 Å². The van der Waals surface area contributed by atoms with Gasteiger partial charge >= 0.3 is 0 Å². The summed E-state index contributed by atoms with van der Waals surface area (Å²) in [5, 5.41) is 0. The minimum absolute atomic E-state index is 0.0435. The quantitative estimate of drug-likeness (QED) is 0.639. The summed E-state index contributed by atoms with van der Waals surface area (Å²) >= 11 is 0. The van der Waals surface area contributed by atoms with Crippen molar-refractivity contribution in [2.24, 2.45) is 11.8 Å². The fraction of sp³-hybridized carbons (Fsp3) is 0.579. The molecule has 1 aromatic rings. The highest BCUT2D eigenvalue weighted by Gasteiger charge is 2.21. The Morgan fingerprint density at radius 3 is 2.25 bits per heavy atom. The maximum Gasteiger partial charge on any atom is 0.204 e. The normalized spacial score (nSPS) is 21.2. The van der Waals surface area contributed by atoms with Crippen LogP contribution in [0.3, 0.4) is 0 Å². The number of rotatable bonds is 8. The van der Waals surface area contributed by atoms with Gasteiger partial charge in [-0.3, -0.25) is 0 Å². The Morgan fingerprint density at radius 1 is 1.04 bits per heavy atom. The Labute approximate surface area is 142 Å². The Morgan fingerprint density at radius 2 is 1.67 bits per heavy atom. The SMILES string of the molecule is CCOc1ccc(OC[C@H]2CC[C@H](C=CCOC)CC2)c(F)c1F. The zero-order chi connectivity index (χ0) is 17.4. The lowest BCUT2D eigenvalue weighted by Crippen LogP contribution is -2.19. The second-order valence-electron chi connectivity index (χ2n) is 6.10. The number of hydrogen-bond donors (Lipinski definition) is 0. The second kappa shape index (κ2) is 9.62. The molecule has 2 rings (SSSR count). The molecule has 0 heterocycles. The molecule has 1 aliphatic carbocycles. The molecule has 0 unspecified atom stereocenters. The molecule has 0 radical (unpaired) electrons. The third kappa shape index (κ3) is 5.20. The molecule has 0 amide bonds. The molecule has 134 valence electrons. The molecule has 1 aliphatic rings. The van der Waals surface area contributed by atoms with E-state index >= 15 is 0 Å². The Kier molecular flexibility index (Phi) is 7.50. The van der Waals surface area contributed by atoms with Crippen LogP contribution in [0.1, 0.15) is 32.6 Å². The molecule has 3 nitrogen and oxygen atoms in total. The number of allylic oxidation sites excluding steroid dienone is 1. The van der Waals surface area contributed by atoms with Crippen molar-refractivity contribution in [1.29, 1.82) is 0 Å². The molecular formula is C19H26F2O3. The molecule has 0 aromatic heterocycles. The van der Waals surface area contributed by atoms with Crippen molar-refractivity contribution in [2.45, 2.75) is 32.6 Å². The third-order valence-corrected chi connectivity index (χ3v) is 4.35. The summed E-state index contributed by atoms with van der Waals surface area (Å²) < 4.78 is 43.3. The summed E-state index contributed by atoms with van der Waals surface area (Å²) in [5.74, 6) is -1.12. The average molecular weight is 340 g/mol. The highest BCUT2D eigenvalue weighted by molar-refractivity contribution is 5.35. The minimum Gasteiger partial charge on any atom is -0.491 e. The predicted molar refractivity (Wildman–Crippen MR) is 89.5 cm³/mol. The molecule has 0 aliphatic heterocycles. The molecule has 0 saturated heterocycles. The first-order valence-corrected chi connectivity index (χ1v) is 8.54. The standard InChI is InChI=1S/C19H26F2O3/c1-3-23-16-10-11-17(19(21)18(16)20)24-13-15-8-6-14(7-9-15)5-4-12-22-2/h4-5,10-11,14-15H,3,6-9,12-13H2,1-2H3/t14-,15-. The van der Waals surface area contributed by atoms with E-state index < -0.39 is 11.6 Å². The van der Waals surface area contributed by atoms with E-state index in [1.807, 2.05) is 0 Å². The van der Waals surface area contributed by atoms with Gasteiger partial charge in [0.1, 0.15) is 0 Å². The highest BCUT2D eigenvalue weighted by atomic mass is 19.2. The number of ether oxygens (including phenoxy) is 3. The van der Waals surface area contributed by atoms with Crippen LogP contribution >= 0.6 is 0 Å². The molecule has 1 fully saturated rings. The van der Waals surface area contributed by atoms with Crippen molar-refractivity contribution in [3.05, 3.63) is 35.9 Å². The summed E-state index contributed by atoms with van der Waals surface area (Å²) in [6.07, 6.45) is 8.51. The van der Waals surface area contributed by atoms with Crippen LogP contribution in [0, 0.1) is 23.5 Å². The largest absolute Gasteiger partial charge is 0.491 e. The van der Waals surface area contributed by atoms with Crippen LogP contribution in [0.4, 0.5) is 8.78 Å². The van der Waals surface area contributed by atoms with Gasteiger partial charge in [-0.25, -0.2) is 0 Å². The molecule has 0 bridgehead atoms. The first-order chi connectivity index (χ1) is 11.7. The van der Waals surface area contributed by atoms with Crippen LogP contribution in [0.15, 0.2) is 24.3 Å². The lowest BCUT2D eigenvalue weighted by atomic mass is 9.82. The van der Waals surface area contributed by atoms with Gasteiger partial charge in [0.2, 0.25) is 11.6 Å². The van der Waals surface area contributed by atoms with Crippen molar-refractivity contribution in [3.63, 3.8) is 0 Å². The van der Waals surface area contributed by atoms with E-state index in [1.165, 1.54) is 12.1 Å². The zero-order valence-electron chi connectivity index (χ0n) is 14.4. The van der Waals surface area contributed by atoms with Gasteiger partial charge < -0.3 is 14.2 Å². The van der Waals surface area contributed by atoms with Crippen LogP contribution in [-0.2, 0) is 4.74 Å². The van der Waals surface area contributed by atoms with E-state index in [9.17, 15) is 8.78 Å². The summed E-state index contributed by atoms with van der Waals surface area (Å²) in [6, 6.07) is 2.84. The zero-order valence-corrected chi connectivity index (χ0v) is 14.4. The van der Waals surface area contributed by atoms with E-state index in [0.29, 0.717) is 31.7 Å². The fourth-order valence-corrected chi connectivity index (χ4v) is 2.99. The monoisotopic (exact) mass is 340 g/mol. The summed E-state index contributed by atoms with van der Waals surface area (Å²) in [4.78, 5) is 0. The lowest BCUT2D eigenvalue weighted by Gasteiger charge is -2.26. The molecule has 0 atom stereocenters. The van der Waals surface area contributed by atoms with E-state index in [0.717, 1.165) is 25.7 Å².